The van der Waals surface area contributed by atoms with Crippen molar-refractivity contribution in [2.24, 2.45) is 5.92 Å². The zero-order chi connectivity index (χ0) is 36.9. The van der Waals surface area contributed by atoms with Gasteiger partial charge < -0.3 is 24.2 Å². The quantitative estimate of drug-likeness (QED) is 0.131. The molecule has 0 aliphatic rings. The molecule has 1 atom stereocenters. The average Bonchev–Trinajstić information content (AvgIpc) is 3.04. The minimum Gasteiger partial charge on any atom is -0.492 e. The Kier molecular flexibility index (Phi) is 14.8. The molecule has 272 valence electrons. The second-order valence-electron chi connectivity index (χ2n) is 13.4. The summed E-state index contributed by atoms with van der Waals surface area (Å²) in [5.74, 6) is -1.30. The van der Waals surface area contributed by atoms with Crippen molar-refractivity contribution in [2.75, 3.05) is 32.1 Å². The van der Waals surface area contributed by atoms with Crippen LogP contribution in [0.2, 0.25) is 0 Å². The minimum atomic E-state index is -3.98. The number of hydrogen-bond donors (Lipinski definition) is 2. The number of ether oxygens (including phenoxy) is 3. The molecule has 1 aromatic heterocycles. The van der Waals surface area contributed by atoms with Crippen LogP contribution in [-0.2, 0) is 30.7 Å². The summed E-state index contributed by atoms with van der Waals surface area (Å²) in [4.78, 5) is 42.5. The molecule has 3 aromatic rings. The molecule has 2 aromatic carbocycles. The fraction of sp³-hybridized carbons (Fsp3) is 0.459. The maximum atomic E-state index is 13.0. The fourth-order valence-corrected chi connectivity index (χ4v) is 5.78. The highest BCUT2D eigenvalue weighted by atomic mass is 32.2. The Morgan fingerprint density at radius 2 is 1.70 bits per heavy atom. The van der Waals surface area contributed by atoms with Crippen LogP contribution >= 0.6 is 0 Å². The van der Waals surface area contributed by atoms with Gasteiger partial charge in [0.2, 0.25) is 10.0 Å². The Morgan fingerprint density at radius 3 is 2.32 bits per heavy atom. The summed E-state index contributed by atoms with van der Waals surface area (Å²) in [5, 5.41) is 10.8. The standard InChI is InChI=1S/C37H49N3O9S/c1-26(2)25-48-34-22-30(16-17-32(34)35(43)39-50(45,46)21-9-20-47-27(3)41)29-14-12-28(13-15-29)10-8-19-40(36(44)49-37(4,5)6)24-33(42)31-11-7-18-38-23-31/h7,11-18,22-23,26,33,42H,8-10,19-21,24-25H2,1-6H3,(H,39,43)/t33-/m0/s1. The van der Waals surface area contributed by atoms with Crippen LogP contribution in [0.3, 0.4) is 0 Å². The first-order valence-electron chi connectivity index (χ1n) is 16.6. The van der Waals surface area contributed by atoms with Gasteiger partial charge in [-0.05, 0) is 80.8 Å². The number of carbonyl (C=O) groups is 3. The molecule has 50 heavy (non-hydrogen) atoms. The number of sulfonamides is 1. The molecule has 0 saturated heterocycles. The van der Waals surface area contributed by atoms with E-state index in [1.807, 2.05) is 38.1 Å². The van der Waals surface area contributed by atoms with Gasteiger partial charge in [0.05, 0.1) is 37.2 Å². The van der Waals surface area contributed by atoms with E-state index in [4.69, 9.17) is 14.2 Å². The topological polar surface area (TPSA) is 161 Å². The molecule has 12 nitrogen and oxygen atoms in total. The molecule has 13 heteroatoms. The van der Waals surface area contributed by atoms with Crippen LogP contribution in [0.5, 0.6) is 5.75 Å². The predicted molar refractivity (Wildman–Crippen MR) is 190 cm³/mol. The van der Waals surface area contributed by atoms with Gasteiger partial charge in [0.1, 0.15) is 11.4 Å². The highest BCUT2D eigenvalue weighted by Crippen LogP contribution is 2.29. The third kappa shape index (κ3) is 13.8. The smallest absolute Gasteiger partial charge is 0.410 e. The van der Waals surface area contributed by atoms with Gasteiger partial charge in [-0.15, -0.1) is 0 Å². The summed E-state index contributed by atoms with van der Waals surface area (Å²) < 4.78 is 43.4. The zero-order valence-electron chi connectivity index (χ0n) is 29.7. The number of aromatic nitrogens is 1. The lowest BCUT2D eigenvalue weighted by Crippen LogP contribution is -2.40. The third-order valence-corrected chi connectivity index (χ3v) is 8.53. The molecule has 0 saturated carbocycles. The summed E-state index contributed by atoms with van der Waals surface area (Å²) in [6.07, 6.45) is 3.12. The number of aliphatic hydroxyl groups is 1. The van der Waals surface area contributed by atoms with E-state index >= 15 is 0 Å². The Bertz CT molecular complexity index is 1670. The molecule has 0 bridgehead atoms. The van der Waals surface area contributed by atoms with Crippen LogP contribution in [0.1, 0.15) is 82.0 Å². The first-order valence-corrected chi connectivity index (χ1v) is 18.3. The molecular formula is C37H49N3O9S. The number of pyridine rings is 1. The van der Waals surface area contributed by atoms with Gasteiger partial charge in [0, 0.05) is 31.4 Å². The summed E-state index contributed by atoms with van der Waals surface area (Å²) >= 11 is 0. The van der Waals surface area contributed by atoms with E-state index < -0.39 is 39.7 Å². The van der Waals surface area contributed by atoms with Crippen LogP contribution < -0.4 is 9.46 Å². The van der Waals surface area contributed by atoms with Gasteiger partial charge in [0.15, 0.2) is 0 Å². The molecule has 0 unspecified atom stereocenters. The molecule has 0 fully saturated rings. The second kappa shape index (κ2) is 18.5. The van der Waals surface area contributed by atoms with Crippen molar-refractivity contribution < 1.29 is 42.1 Å². The Morgan fingerprint density at radius 1 is 1.00 bits per heavy atom. The molecule has 3 rings (SSSR count). The molecule has 0 aliphatic carbocycles. The lowest BCUT2D eigenvalue weighted by Gasteiger charge is -2.29. The number of hydrogen-bond acceptors (Lipinski definition) is 10. The molecule has 1 heterocycles. The largest absolute Gasteiger partial charge is 0.492 e. The van der Waals surface area contributed by atoms with E-state index in [0.717, 1.165) is 16.7 Å². The van der Waals surface area contributed by atoms with Gasteiger partial charge >= 0.3 is 12.1 Å². The minimum absolute atomic E-state index is 0.0468. The third-order valence-electron chi connectivity index (χ3n) is 7.20. The first-order chi connectivity index (χ1) is 23.5. The van der Waals surface area contributed by atoms with Crippen molar-refractivity contribution in [3.63, 3.8) is 0 Å². The van der Waals surface area contributed by atoms with Crippen molar-refractivity contribution >= 4 is 28.0 Å². The van der Waals surface area contributed by atoms with Gasteiger partial charge in [-0.1, -0.05) is 50.2 Å². The van der Waals surface area contributed by atoms with Crippen molar-refractivity contribution in [3.8, 4) is 16.9 Å². The SMILES string of the molecule is CC(=O)OCCCS(=O)(=O)NC(=O)c1ccc(-c2ccc(CCCN(C[C@H](O)c3cccnc3)C(=O)OC(C)(C)C)cc2)cc1OCC(C)C. The summed E-state index contributed by atoms with van der Waals surface area (Å²) in [6.45, 7) is 11.2. The lowest BCUT2D eigenvalue weighted by atomic mass is 10.00. The van der Waals surface area contributed by atoms with E-state index in [0.29, 0.717) is 31.6 Å². The number of nitrogens with zero attached hydrogens (tertiary/aromatic N) is 2. The summed E-state index contributed by atoms with van der Waals surface area (Å²) in [7, 11) is -3.98. The second-order valence-corrected chi connectivity index (χ2v) is 15.2. The van der Waals surface area contributed by atoms with E-state index in [1.165, 1.54) is 17.9 Å². The van der Waals surface area contributed by atoms with Gasteiger partial charge in [-0.25, -0.2) is 17.9 Å². The fourth-order valence-electron chi connectivity index (χ4n) is 4.79. The Hall–Kier alpha value is -4.49. The molecule has 0 spiro atoms. The molecular weight excluding hydrogens is 662 g/mol. The highest BCUT2D eigenvalue weighted by Gasteiger charge is 2.25. The average molecular weight is 712 g/mol. The highest BCUT2D eigenvalue weighted by molar-refractivity contribution is 7.90. The lowest BCUT2D eigenvalue weighted by molar-refractivity contribution is -0.140. The van der Waals surface area contributed by atoms with Crippen molar-refractivity contribution in [1.82, 2.24) is 14.6 Å². The monoisotopic (exact) mass is 711 g/mol. The van der Waals surface area contributed by atoms with Crippen molar-refractivity contribution in [1.29, 1.82) is 0 Å². The van der Waals surface area contributed by atoms with Crippen LogP contribution in [-0.4, -0.2) is 79.0 Å². The van der Waals surface area contributed by atoms with Crippen molar-refractivity contribution in [3.05, 3.63) is 83.7 Å². The van der Waals surface area contributed by atoms with Gasteiger partial charge in [0.25, 0.3) is 5.91 Å². The number of esters is 1. The number of benzene rings is 2. The van der Waals surface area contributed by atoms with Gasteiger partial charge in [-0.2, -0.15) is 0 Å². The van der Waals surface area contributed by atoms with Crippen LogP contribution in [0.15, 0.2) is 67.0 Å². The van der Waals surface area contributed by atoms with E-state index in [2.05, 4.69) is 9.71 Å². The Labute approximate surface area is 295 Å². The number of rotatable bonds is 17. The van der Waals surface area contributed by atoms with Crippen LogP contribution in [0.25, 0.3) is 11.1 Å². The van der Waals surface area contributed by atoms with Crippen LogP contribution in [0, 0.1) is 5.92 Å². The molecule has 2 amide bonds. The first kappa shape index (κ1) is 39.9. The number of carbonyl (C=O) groups excluding carboxylic acids is 3. The predicted octanol–water partition coefficient (Wildman–Crippen LogP) is 5.70. The van der Waals surface area contributed by atoms with E-state index in [-0.39, 0.29) is 42.6 Å². The molecule has 2 N–H and O–H groups in total. The normalized spacial score (nSPS) is 12.2. The maximum Gasteiger partial charge on any atom is 0.410 e. The number of amides is 2. The van der Waals surface area contributed by atoms with Crippen molar-refractivity contribution in [2.45, 2.75) is 72.5 Å². The summed E-state index contributed by atoms with van der Waals surface area (Å²) in [5.41, 5.74) is 2.69. The van der Waals surface area contributed by atoms with Gasteiger partial charge in [-0.3, -0.25) is 14.6 Å². The zero-order valence-corrected chi connectivity index (χ0v) is 30.5. The molecule has 0 radical (unpaired) electrons. The molecule has 0 aliphatic heterocycles. The summed E-state index contributed by atoms with van der Waals surface area (Å²) in [6, 6.07) is 16.3. The Balaban J connectivity index is 1.69. The number of nitrogens with one attached hydrogen (secondary N) is 1. The van der Waals surface area contributed by atoms with Crippen LogP contribution in [0.4, 0.5) is 4.79 Å². The van der Waals surface area contributed by atoms with E-state index in [1.54, 1.807) is 57.4 Å². The maximum absolute atomic E-state index is 13.0. The number of aryl methyl sites for hydroxylation is 1. The number of aliphatic hydroxyl groups excluding tert-OH is 1. The van der Waals surface area contributed by atoms with E-state index in [9.17, 15) is 27.9 Å².